The van der Waals surface area contributed by atoms with Crippen molar-refractivity contribution in [2.24, 2.45) is 0 Å². The summed E-state index contributed by atoms with van der Waals surface area (Å²) < 4.78 is 0. The molecule has 0 aliphatic carbocycles. The van der Waals surface area contributed by atoms with Gasteiger partial charge in [-0.05, 0) is 38.2 Å². The molecule has 0 bridgehead atoms. The number of hydrogen-bond acceptors (Lipinski definition) is 2. The lowest BCUT2D eigenvalue weighted by molar-refractivity contribution is -0.137. The molecule has 3 heteroatoms. The monoisotopic (exact) mass is 320 g/mol. The Kier molecular flexibility index (Phi) is 15.5. The molecule has 0 aromatic heterocycles. The summed E-state index contributed by atoms with van der Waals surface area (Å²) in [7, 11) is 0. The van der Waals surface area contributed by atoms with Crippen LogP contribution in [0.1, 0.15) is 77.6 Å². The Balaban J connectivity index is 3.47. The Morgan fingerprint density at radius 2 is 1.57 bits per heavy atom. The number of carbonyl (C=O) groups excluding carboxylic acids is 1. The third-order valence-corrected chi connectivity index (χ3v) is 3.51. The molecule has 1 N–H and O–H groups in total. The van der Waals surface area contributed by atoms with Gasteiger partial charge >= 0.3 is 5.97 Å². The maximum Gasteiger partial charge on any atom is 0.303 e. The quantitative estimate of drug-likeness (QED) is 0.184. The molecule has 0 atom stereocenters. The number of unbranched alkanes of at least 4 members (excludes halogenated alkanes) is 6. The molecule has 0 aliphatic heterocycles. The normalized spacial score (nSPS) is 11.9. The van der Waals surface area contributed by atoms with E-state index in [1.165, 1.54) is 0 Å². The fourth-order valence-electron chi connectivity index (χ4n) is 2.14. The average molecular weight is 320 g/mol. The van der Waals surface area contributed by atoms with Gasteiger partial charge < -0.3 is 5.11 Å². The summed E-state index contributed by atoms with van der Waals surface area (Å²) in [5.41, 5.74) is 0. The smallest absolute Gasteiger partial charge is 0.303 e. The zero-order valence-corrected chi connectivity index (χ0v) is 14.5. The molecule has 0 heterocycles. The van der Waals surface area contributed by atoms with E-state index in [1.54, 1.807) is 6.08 Å². The number of carboxylic acids is 1. The number of allylic oxidation sites excluding steroid dienone is 6. The van der Waals surface area contributed by atoms with E-state index in [9.17, 15) is 9.59 Å². The van der Waals surface area contributed by atoms with Crippen LogP contribution in [0.2, 0.25) is 0 Å². The van der Waals surface area contributed by atoms with Crippen LogP contribution in [0.25, 0.3) is 0 Å². The summed E-state index contributed by atoms with van der Waals surface area (Å²) >= 11 is 0. The molecular formula is C20H32O3. The Bertz CT molecular complexity index is 392. The molecule has 0 saturated heterocycles. The van der Waals surface area contributed by atoms with Gasteiger partial charge in [0.15, 0.2) is 5.78 Å². The molecule has 0 aliphatic rings. The van der Waals surface area contributed by atoms with Gasteiger partial charge in [0.2, 0.25) is 0 Å². The fourth-order valence-corrected chi connectivity index (χ4v) is 2.14. The van der Waals surface area contributed by atoms with E-state index >= 15 is 0 Å². The largest absolute Gasteiger partial charge is 0.481 e. The standard InChI is InChI=1S/C20H32O3/c1-2-3-13-16-19(21)17-14-11-9-7-5-4-6-8-10-12-15-18-20(22)23/h4-5,9,11,14,17H,2-3,6-8,10,12-13,15-16,18H2,1H3,(H,22,23)/b5-4-,11-9-,17-14+. The first kappa shape index (κ1) is 21.4. The maximum atomic E-state index is 11.5. The highest BCUT2D eigenvalue weighted by Gasteiger charge is 1.95. The van der Waals surface area contributed by atoms with Crippen molar-refractivity contribution >= 4 is 11.8 Å². The minimum Gasteiger partial charge on any atom is -0.481 e. The third kappa shape index (κ3) is 18.3. The highest BCUT2D eigenvalue weighted by atomic mass is 16.4. The molecule has 0 rings (SSSR count). The van der Waals surface area contributed by atoms with Crippen LogP contribution in [0.5, 0.6) is 0 Å². The summed E-state index contributed by atoms with van der Waals surface area (Å²) in [6.45, 7) is 2.13. The van der Waals surface area contributed by atoms with Crippen LogP contribution in [0.15, 0.2) is 36.5 Å². The van der Waals surface area contributed by atoms with E-state index < -0.39 is 5.97 Å². The van der Waals surface area contributed by atoms with E-state index in [0.29, 0.717) is 6.42 Å². The van der Waals surface area contributed by atoms with Gasteiger partial charge in [0.25, 0.3) is 0 Å². The summed E-state index contributed by atoms with van der Waals surface area (Å²) in [5.74, 6) is -0.491. The van der Waals surface area contributed by atoms with Crippen LogP contribution in [0.3, 0.4) is 0 Å². The fraction of sp³-hybridized carbons (Fsp3) is 0.600. The topological polar surface area (TPSA) is 54.4 Å². The minimum absolute atomic E-state index is 0.210. The summed E-state index contributed by atoms with van der Waals surface area (Å²) in [6, 6.07) is 0. The molecule has 0 unspecified atom stereocenters. The number of hydrogen-bond donors (Lipinski definition) is 1. The molecule has 3 nitrogen and oxygen atoms in total. The Labute approximate surface area is 141 Å². The summed E-state index contributed by atoms with van der Waals surface area (Å²) in [4.78, 5) is 21.8. The lowest BCUT2D eigenvalue weighted by Crippen LogP contribution is -1.93. The number of rotatable bonds is 15. The minimum atomic E-state index is -0.701. The van der Waals surface area contributed by atoms with Crippen molar-refractivity contribution in [1.82, 2.24) is 0 Å². The molecule has 23 heavy (non-hydrogen) atoms. The van der Waals surface area contributed by atoms with Gasteiger partial charge in [-0.1, -0.05) is 63.0 Å². The van der Waals surface area contributed by atoms with E-state index in [-0.39, 0.29) is 12.2 Å². The second kappa shape index (κ2) is 16.7. The lowest BCUT2D eigenvalue weighted by atomic mass is 10.1. The first-order valence-corrected chi connectivity index (χ1v) is 8.89. The predicted octanol–water partition coefficient (Wildman–Crippen LogP) is 5.62. The zero-order chi connectivity index (χ0) is 17.2. The molecule has 0 saturated carbocycles. The molecule has 0 radical (unpaired) electrons. The van der Waals surface area contributed by atoms with Gasteiger partial charge in [0, 0.05) is 12.8 Å². The first-order valence-electron chi connectivity index (χ1n) is 8.89. The van der Waals surface area contributed by atoms with Gasteiger partial charge in [-0.3, -0.25) is 9.59 Å². The molecule has 0 aromatic carbocycles. The van der Waals surface area contributed by atoms with E-state index in [1.807, 2.05) is 18.2 Å². The van der Waals surface area contributed by atoms with Crippen molar-refractivity contribution in [2.45, 2.75) is 77.6 Å². The van der Waals surface area contributed by atoms with E-state index in [2.05, 4.69) is 19.1 Å². The second-order valence-corrected chi connectivity index (χ2v) is 5.76. The number of aliphatic carboxylic acids is 1. The zero-order valence-electron chi connectivity index (χ0n) is 14.5. The van der Waals surface area contributed by atoms with Gasteiger partial charge in [-0.15, -0.1) is 0 Å². The van der Waals surface area contributed by atoms with Crippen LogP contribution >= 0.6 is 0 Å². The average Bonchev–Trinajstić information content (AvgIpc) is 2.51. The van der Waals surface area contributed by atoms with Crippen LogP contribution < -0.4 is 0 Å². The molecule has 0 aromatic rings. The van der Waals surface area contributed by atoms with Crippen LogP contribution in [0, 0.1) is 0 Å². The summed E-state index contributed by atoms with van der Waals surface area (Å²) in [6.07, 6.45) is 21.9. The van der Waals surface area contributed by atoms with Crippen molar-refractivity contribution in [2.75, 3.05) is 0 Å². The van der Waals surface area contributed by atoms with E-state index in [0.717, 1.165) is 57.8 Å². The van der Waals surface area contributed by atoms with Crippen molar-refractivity contribution in [3.8, 4) is 0 Å². The SMILES string of the molecule is CCCCCC(=O)/C=C/C=C\C/C=C\CCCCCCC(=O)O. The van der Waals surface area contributed by atoms with Gasteiger partial charge in [0.1, 0.15) is 0 Å². The van der Waals surface area contributed by atoms with E-state index in [4.69, 9.17) is 5.11 Å². The summed E-state index contributed by atoms with van der Waals surface area (Å²) in [5, 5.41) is 8.51. The molecule has 0 fully saturated rings. The van der Waals surface area contributed by atoms with Crippen molar-refractivity contribution in [1.29, 1.82) is 0 Å². The molecule has 0 spiro atoms. The number of carboxylic acid groups (broad SMARTS) is 1. The second-order valence-electron chi connectivity index (χ2n) is 5.76. The third-order valence-electron chi connectivity index (χ3n) is 3.51. The highest BCUT2D eigenvalue weighted by molar-refractivity contribution is 5.89. The van der Waals surface area contributed by atoms with Gasteiger partial charge in [-0.2, -0.15) is 0 Å². The van der Waals surface area contributed by atoms with Crippen LogP contribution in [-0.2, 0) is 9.59 Å². The predicted molar refractivity (Wildman–Crippen MR) is 96.5 cm³/mol. The number of carbonyl (C=O) groups is 2. The Morgan fingerprint density at radius 1 is 0.826 bits per heavy atom. The van der Waals surface area contributed by atoms with Crippen molar-refractivity contribution in [3.05, 3.63) is 36.5 Å². The lowest BCUT2D eigenvalue weighted by Gasteiger charge is -1.96. The number of ketones is 1. The van der Waals surface area contributed by atoms with Crippen molar-refractivity contribution in [3.63, 3.8) is 0 Å². The molecule has 0 amide bonds. The van der Waals surface area contributed by atoms with Gasteiger partial charge in [-0.25, -0.2) is 0 Å². The maximum absolute atomic E-state index is 11.5. The molecular weight excluding hydrogens is 288 g/mol. The highest BCUT2D eigenvalue weighted by Crippen LogP contribution is 2.06. The van der Waals surface area contributed by atoms with Gasteiger partial charge in [0.05, 0.1) is 0 Å². The molecule has 130 valence electrons. The Hall–Kier alpha value is -1.64. The Morgan fingerprint density at radius 3 is 2.30 bits per heavy atom. The van der Waals surface area contributed by atoms with Crippen molar-refractivity contribution < 1.29 is 14.7 Å². The van der Waals surface area contributed by atoms with Crippen LogP contribution in [0.4, 0.5) is 0 Å². The first-order chi connectivity index (χ1) is 11.2. The van der Waals surface area contributed by atoms with Crippen LogP contribution in [-0.4, -0.2) is 16.9 Å².